The highest BCUT2D eigenvalue weighted by molar-refractivity contribution is 5.74. The Bertz CT molecular complexity index is 840. The summed E-state index contributed by atoms with van der Waals surface area (Å²) in [6.07, 6.45) is 5.27. The summed E-state index contributed by atoms with van der Waals surface area (Å²) in [5.74, 6) is 1.14. The largest absolute Gasteiger partial charge is 0.438 e. The molecule has 130 valence electrons. The van der Waals surface area contributed by atoms with Gasteiger partial charge in [0.05, 0.1) is 18.4 Å². The molecule has 3 rings (SSSR count). The molecule has 0 aliphatic carbocycles. The second-order valence-electron chi connectivity index (χ2n) is 5.94. The van der Waals surface area contributed by atoms with Crippen molar-refractivity contribution >= 4 is 6.03 Å². The summed E-state index contributed by atoms with van der Waals surface area (Å²) >= 11 is 0. The van der Waals surface area contributed by atoms with Gasteiger partial charge in [-0.25, -0.2) is 9.78 Å². The topological polar surface area (TPSA) is 85.0 Å². The molecule has 0 unspecified atom stereocenters. The van der Waals surface area contributed by atoms with Crippen molar-refractivity contribution in [2.75, 3.05) is 0 Å². The number of oxazole rings is 1. The first kappa shape index (κ1) is 16.8. The number of aromatic nitrogens is 3. The minimum atomic E-state index is -0.349. The Morgan fingerprint density at radius 2 is 1.84 bits per heavy atom. The molecule has 25 heavy (non-hydrogen) atoms. The molecule has 0 saturated heterocycles. The zero-order chi connectivity index (χ0) is 17.8. The van der Waals surface area contributed by atoms with Gasteiger partial charge in [0.2, 0.25) is 5.89 Å². The van der Waals surface area contributed by atoms with E-state index in [-0.39, 0.29) is 18.1 Å². The molecule has 7 nitrogen and oxygen atoms in total. The summed E-state index contributed by atoms with van der Waals surface area (Å²) in [6.45, 7) is 3.73. The molecule has 2 heterocycles. The monoisotopic (exact) mass is 339 g/mol. The second kappa shape index (κ2) is 7.21. The van der Waals surface area contributed by atoms with Crippen LogP contribution in [0, 0.1) is 0 Å². The van der Waals surface area contributed by atoms with E-state index in [1.54, 1.807) is 17.1 Å². The molecule has 0 saturated carbocycles. The first-order chi connectivity index (χ1) is 12.0. The maximum atomic E-state index is 12.2. The van der Waals surface area contributed by atoms with E-state index in [1.165, 1.54) is 0 Å². The third-order valence-electron chi connectivity index (χ3n) is 3.87. The average molecular weight is 339 g/mol. The average Bonchev–Trinajstić information content (AvgIpc) is 3.24. The fourth-order valence-corrected chi connectivity index (χ4v) is 2.47. The first-order valence-electron chi connectivity index (χ1n) is 8.09. The number of hydrogen-bond donors (Lipinski definition) is 2. The van der Waals surface area contributed by atoms with E-state index in [9.17, 15) is 4.79 Å². The van der Waals surface area contributed by atoms with Gasteiger partial charge in [-0.3, -0.25) is 4.68 Å². The summed E-state index contributed by atoms with van der Waals surface area (Å²) in [5.41, 5.74) is 1.89. The van der Waals surface area contributed by atoms with E-state index in [4.69, 9.17) is 4.42 Å². The maximum Gasteiger partial charge on any atom is 0.315 e. The number of amides is 2. The number of rotatable bonds is 5. The maximum absolute atomic E-state index is 12.2. The standard InChI is InChI=1S/C18H21N5O2/c1-12(15-9-20-23(3)11-15)21-18(24)22-13(2)17-19-10-16(25-17)14-7-5-4-6-8-14/h4-13H,1-3H3,(H2,21,22,24)/t12-,13-/m1/s1. The van der Waals surface area contributed by atoms with Crippen LogP contribution in [0.4, 0.5) is 4.79 Å². The lowest BCUT2D eigenvalue weighted by atomic mass is 10.2. The van der Waals surface area contributed by atoms with Gasteiger partial charge in [0.15, 0.2) is 5.76 Å². The lowest BCUT2D eigenvalue weighted by Gasteiger charge is -2.15. The number of nitrogens with zero attached hydrogens (tertiary/aromatic N) is 3. The zero-order valence-electron chi connectivity index (χ0n) is 14.4. The lowest BCUT2D eigenvalue weighted by molar-refractivity contribution is 0.232. The van der Waals surface area contributed by atoms with Crippen LogP contribution in [-0.2, 0) is 7.05 Å². The molecule has 2 amide bonds. The third-order valence-corrected chi connectivity index (χ3v) is 3.87. The highest BCUT2D eigenvalue weighted by atomic mass is 16.4. The van der Waals surface area contributed by atoms with Gasteiger partial charge in [-0.05, 0) is 13.8 Å². The number of nitrogens with one attached hydrogen (secondary N) is 2. The molecule has 0 bridgehead atoms. The van der Waals surface area contributed by atoms with E-state index >= 15 is 0 Å². The molecule has 0 spiro atoms. The van der Waals surface area contributed by atoms with Crippen molar-refractivity contribution in [2.45, 2.75) is 25.9 Å². The lowest BCUT2D eigenvalue weighted by Crippen LogP contribution is -2.38. The Hall–Kier alpha value is -3.09. The SMILES string of the molecule is C[C@@H](NC(=O)N[C@H](C)c1ncc(-c2ccccc2)o1)c1cnn(C)c1. The predicted octanol–water partition coefficient (Wildman–Crippen LogP) is 3.20. The van der Waals surface area contributed by atoms with E-state index in [1.807, 2.05) is 57.4 Å². The molecule has 7 heteroatoms. The Morgan fingerprint density at radius 3 is 2.52 bits per heavy atom. The van der Waals surface area contributed by atoms with Crippen molar-refractivity contribution < 1.29 is 9.21 Å². The summed E-state index contributed by atoms with van der Waals surface area (Å²) in [4.78, 5) is 16.4. The van der Waals surface area contributed by atoms with Crippen LogP contribution >= 0.6 is 0 Å². The second-order valence-corrected chi connectivity index (χ2v) is 5.94. The molecule has 3 aromatic rings. The zero-order valence-corrected chi connectivity index (χ0v) is 14.4. The molecular formula is C18H21N5O2. The molecule has 2 aromatic heterocycles. The van der Waals surface area contributed by atoms with Crippen LogP contribution in [0.25, 0.3) is 11.3 Å². The van der Waals surface area contributed by atoms with Gasteiger partial charge in [0.1, 0.15) is 6.04 Å². The molecule has 2 N–H and O–H groups in total. The molecule has 2 atom stereocenters. The van der Waals surface area contributed by atoms with Gasteiger partial charge in [-0.15, -0.1) is 0 Å². The highest BCUT2D eigenvalue weighted by Crippen LogP contribution is 2.22. The molecule has 0 aliphatic rings. The summed E-state index contributed by atoms with van der Waals surface area (Å²) in [5, 5.41) is 9.82. The highest BCUT2D eigenvalue weighted by Gasteiger charge is 2.17. The van der Waals surface area contributed by atoms with Crippen LogP contribution < -0.4 is 10.6 Å². The summed E-state index contributed by atoms with van der Waals surface area (Å²) < 4.78 is 7.46. The van der Waals surface area contributed by atoms with Crippen LogP contribution in [0.2, 0.25) is 0 Å². The van der Waals surface area contributed by atoms with Crippen molar-refractivity contribution in [3.05, 3.63) is 60.4 Å². The van der Waals surface area contributed by atoms with E-state index in [0.29, 0.717) is 11.7 Å². The number of hydrogen-bond acceptors (Lipinski definition) is 4. The molecule has 0 fully saturated rings. The van der Waals surface area contributed by atoms with Gasteiger partial charge >= 0.3 is 6.03 Å². The quantitative estimate of drug-likeness (QED) is 0.747. The fourth-order valence-electron chi connectivity index (χ4n) is 2.47. The van der Waals surface area contributed by atoms with Crippen LogP contribution in [0.1, 0.15) is 37.4 Å². The van der Waals surface area contributed by atoms with E-state index < -0.39 is 0 Å². The molecule has 1 aromatic carbocycles. The fraction of sp³-hybridized carbons (Fsp3) is 0.278. The van der Waals surface area contributed by atoms with Gasteiger partial charge in [-0.1, -0.05) is 30.3 Å². The number of carbonyl (C=O) groups is 1. The Labute approximate surface area is 146 Å². The number of carbonyl (C=O) groups excluding carboxylic acids is 1. The Morgan fingerprint density at radius 1 is 1.12 bits per heavy atom. The summed E-state index contributed by atoms with van der Waals surface area (Å²) in [6, 6.07) is 8.93. The van der Waals surface area contributed by atoms with Crippen LogP contribution in [0.5, 0.6) is 0 Å². The van der Waals surface area contributed by atoms with Crippen molar-refractivity contribution in [1.82, 2.24) is 25.4 Å². The van der Waals surface area contributed by atoms with Gasteiger partial charge in [-0.2, -0.15) is 5.10 Å². The van der Waals surface area contributed by atoms with E-state index in [2.05, 4.69) is 20.7 Å². The first-order valence-corrected chi connectivity index (χ1v) is 8.09. The van der Waals surface area contributed by atoms with Crippen LogP contribution in [0.15, 0.2) is 53.3 Å². The number of benzene rings is 1. The molecular weight excluding hydrogens is 318 g/mol. The Balaban J connectivity index is 1.59. The smallest absolute Gasteiger partial charge is 0.315 e. The molecule has 0 aliphatic heterocycles. The van der Waals surface area contributed by atoms with Crippen molar-refractivity contribution in [1.29, 1.82) is 0 Å². The Kier molecular flexibility index (Phi) is 4.83. The number of urea groups is 1. The van der Waals surface area contributed by atoms with Gasteiger partial charge in [0.25, 0.3) is 0 Å². The van der Waals surface area contributed by atoms with E-state index in [0.717, 1.165) is 11.1 Å². The minimum absolute atomic E-state index is 0.148. The van der Waals surface area contributed by atoms with Crippen molar-refractivity contribution in [3.8, 4) is 11.3 Å². The normalized spacial score (nSPS) is 13.2. The summed E-state index contributed by atoms with van der Waals surface area (Å²) in [7, 11) is 1.84. The van der Waals surface area contributed by atoms with Crippen LogP contribution in [-0.4, -0.2) is 20.8 Å². The molecule has 0 radical (unpaired) electrons. The van der Waals surface area contributed by atoms with Gasteiger partial charge in [0, 0.05) is 24.4 Å². The van der Waals surface area contributed by atoms with Gasteiger partial charge < -0.3 is 15.1 Å². The predicted molar refractivity (Wildman–Crippen MR) is 93.6 cm³/mol. The third kappa shape index (κ3) is 4.06. The van der Waals surface area contributed by atoms with Crippen LogP contribution in [0.3, 0.4) is 0 Å². The number of aryl methyl sites for hydroxylation is 1. The minimum Gasteiger partial charge on any atom is -0.438 e. The van der Waals surface area contributed by atoms with Crippen molar-refractivity contribution in [3.63, 3.8) is 0 Å². The van der Waals surface area contributed by atoms with Crippen molar-refractivity contribution in [2.24, 2.45) is 7.05 Å².